The van der Waals surface area contributed by atoms with Gasteiger partial charge in [-0.25, -0.2) is 4.98 Å². The molecule has 3 rings (SSSR count). The molecule has 8 heteroatoms. The van der Waals surface area contributed by atoms with Crippen LogP contribution in [0, 0.1) is 6.92 Å². The molecule has 1 aromatic carbocycles. The number of nitrogens with one attached hydrogen (secondary N) is 2. The van der Waals surface area contributed by atoms with Gasteiger partial charge in [-0.3, -0.25) is 9.79 Å². The number of hydrogen-bond donors (Lipinski definition) is 2. The molecule has 0 aliphatic rings. The summed E-state index contributed by atoms with van der Waals surface area (Å²) < 4.78 is 2.06. The fraction of sp³-hybridized carbons (Fsp3) is 0.348. The molecule has 0 aliphatic heterocycles. The van der Waals surface area contributed by atoms with Crippen molar-refractivity contribution in [1.29, 1.82) is 0 Å². The monoisotopic (exact) mass is 534 g/mol. The number of aliphatic imine (C=N–C) groups is 1. The zero-order chi connectivity index (χ0) is 21.5. The number of pyridine rings is 1. The minimum atomic E-state index is 0. The molecule has 0 radical (unpaired) electrons. The third-order valence-corrected chi connectivity index (χ3v) is 4.91. The Bertz CT molecular complexity index is 1040. The highest BCUT2D eigenvalue weighted by Gasteiger charge is 2.08. The fourth-order valence-corrected chi connectivity index (χ4v) is 3.30. The number of nitrogens with zero attached hydrogens (tertiary/aromatic N) is 4. The Morgan fingerprint density at radius 1 is 1.13 bits per heavy atom. The Hall–Kier alpha value is -2.62. The molecule has 0 saturated carbocycles. The van der Waals surface area contributed by atoms with Crippen molar-refractivity contribution in [2.24, 2.45) is 4.99 Å². The zero-order valence-electron chi connectivity index (χ0n) is 18.6. The van der Waals surface area contributed by atoms with Gasteiger partial charge in [0.2, 0.25) is 0 Å². The molecule has 2 heterocycles. The summed E-state index contributed by atoms with van der Waals surface area (Å²) in [5, 5.41) is 6.67. The third-order valence-electron chi connectivity index (χ3n) is 4.91. The highest BCUT2D eigenvalue weighted by atomic mass is 127. The minimum absolute atomic E-state index is 0. The van der Waals surface area contributed by atoms with Crippen LogP contribution in [0.3, 0.4) is 0 Å². The summed E-state index contributed by atoms with van der Waals surface area (Å²) in [4.78, 5) is 22.7. The molecule has 31 heavy (non-hydrogen) atoms. The molecule has 0 fully saturated rings. The molecule has 166 valence electrons. The van der Waals surface area contributed by atoms with Crippen LogP contribution in [0.4, 0.5) is 0 Å². The second-order valence-electron chi connectivity index (χ2n) is 7.48. The van der Waals surface area contributed by atoms with Crippen LogP contribution >= 0.6 is 24.0 Å². The van der Waals surface area contributed by atoms with Crippen molar-refractivity contribution >= 4 is 41.5 Å². The van der Waals surface area contributed by atoms with Crippen LogP contribution in [-0.2, 0) is 12.8 Å². The van der Waals surface area contributed by atoms with Crippen LogP contribution < -0.4 is 10.6 Å². The summed E-state index contributed by atoms with van der Waals surface area (Å²) in [7, 11) is 5.29. The molecule has 0 aliphatic carbocycles. The van der Waals surface area contributed by atoms with Gasteiger partial charge in [0.05, 0.1) is 5.69 Å². The highest BCUT2D eigenvalue weighted by molar-refractivity contribution is 14.0. The smallest absolute Gasteiger partial charge is 0.253 e. The van der Waals surface area contributed by atoms with E-state index in [1.807, 2.05) is 36.5 Å². The molecule has 0 spiro atoms. The van der Waals surface area contributed by atoms with Crippen molar-refractivity contribution in [2.75, 3.05) is 34.2 Å². The number of aromatic nitrogens is 2. The van der Waals surface area contributed by atoms with Crippen LogP contribution in [0.15, 0.2) is 53.8 Å². The number of fused-ring (bicyclic) bond motifs is 1. The number of rotatable bonds is 7. The number of hydrogen-bond acceptors (Lipinski definition) is 3. The maximum atomic E-state index is 12.1. The molecule has 0 atom stereocenters. The Morgan fingerprint density at radius 3 is 2.55 bits per heavy atom. The maximum Gasteiger partial charge on any atom is 0.253 e. The van der Waals surface area contributed by atoms with E-state index in [9.17, 15) is 4.79 Å². The molecule has 0 bridgehead atoms. The second-order valence-corrected chi connectivity index (χ2v) is 7.48. The van der Waals surface area contributed by atoms with E-state index in [4.69, 9.17) is 4.98 Å². The van der Waals surface area contributed by atoms with E-state index in [-0.39, 0.29) is 29.9 Å². The van der Waals surface area contributed by atoms with Crippen LogP contribution in [0.5, 0.6) is 0 Å². The SMILES string of the molecule is CN=C(NCCc1cccc(C(=O)N(C)C)c1)NCCc1cn2cccc(C)c2n1.I. The number of aryl methyl sites for hydroxylation is 1. The molecule has 0 saturated heterocycles. The summed E-state index contributed by atoms with van der Waals surface area (Å²) in [5.74, 6) is 0.778. The van der Waals surface area contributed by atoms with Crippen molar-refractivity contribution in [3.63, 3.8) is 0 Å². The van der Waals surface area contributed by atoms with Crippen LogP contribution in [-0.4, -0.2) is 60.4 Å². The second kappa shape index (κ2) is 11.7. The lowest BCUT2D eigenvalue weighted by molar-refractivity contribution is 0.0827. The van der Waals surface area contributed by atoms with Crippen LogP contribution in [0.2, 0.25) is 0 Å². The van der Waals surface area contributed by atoms with E-state index in [0.717, 1.165) is 48.8 Å². The molecule has 1 amide bonds. The number of imidazole rings is 1. The van der Waals surface area contributed by atoms with E-state index in [2.05, 4.69) is 39.2 Å². The van der Waals surface area contributed by atoms with E-state index in [0.29, 0.717) is 5.56 Å². The molecule has 3 aromatic rings. The van der Waals surface area contributed by atoms with Crippen molar-refractivity contribution in [1.82, 2.24) is 24.9 Å². The summed E-state index contributed by atoms with van der Waals surface area (Å²) in [6.07, 6.45) is 5.72. The average Bonchev–Trinajstić information content (AvgIpc) is 3.16. The van der Waals surface area contributed by atoms with Crippen LogP contribution in [0.1, 0.15) is 27.2 Å². The molecule has 2 N–H and O–H groups in total. The molecule has 2 aromatic heterocycles. The summed E-state index contributed by atoms with van der Waals surface area (Å²) in [6.45, 7) is 3.55. The summed E-state index contributed by atoms with van der Waals surface area (Å²) in [6, 6.07) is 11.9. The summed E-state index contributed by atoms with van der Waals surface area (Å²) >= 11 is 0. The van der Waals surface area contributed by atoms with Crippen molar-refractivity contribution in [2.45, 2.75) is 19.8 Å². The first-order valence-electron chi connectivity index (χ1n) is 10.2. The van der Waals surface area contributed by atoms with Gasteiger partial charge in [0.25, 0.3) is 5.91 Å². The lowest BCUT2D eigenvalue weighted by atomic mass is 10.1. The van der Waals surface area contributed by atoms with E-state index >= 15 is 0 Å². The van der Waals surface area contributed by atoms with Crippen molar-refractivity contribution in [3.8, 4) is 0 Å². The average molecular weight is 534 g/mol. The topological polar surface area (TPSA) is 74.0 Å². The van der Waals surface area contributed by atoms with Gasteiger partial charge < -0.3 is 19.9 Å². The van der Waals surface area contributed by atoms with Gasteiger partial charge in [-0.2, -0.15) is 0 Å². The summed E-state index contributed by atoms with van der Waals surface area (Å²) in [5.41, 5.74) is 5.05. The third kappa shape index (κ3) is 6.68. The minimum Gasteiger partial charge on any atom is -0.356 e. The Balaban J connectivity index is 0.00000341. The van der Waals surface area contributed by atoms with Gasteiger partial charge in [0.15, 0.2) is 5.96 Å². The Labute approximate surface area is 201 Å². The molecular weight excluding hydrogens is 503 g/mol. The first-order valence-corrected chi connectivity index (χ1v) is 10.2. The number of carbonyl (C=O) groups is 1. The standard InChI is InChI=1S/C23H30N6O.HI/c1-17-7-6-14-29-16-20(27-21(17)29)11-13-26-23(24-2)25-12-10-18-8-5-9-19(15-18)22(30)28(3)4;/h5-9,14-16H,10-13H2,1-4H3,(H2,24,25,26);1H. The van der Waals surface area contributed by atoms with Gasteiger partial charge >= 0.3 is 0 Å². The predicted molar refractivity (Wildman–Crippen MR) is 137 cm³/mol. The first-order chi connectivity index (χ1) is 14.5. The number of carbonyl (C=O) groups excluding carboxylic acids is 1. The highest BCUT2D eigenvalue weighted by Crippen LogP contribution is 2.10. The lowest BCUT2D eigenvalue weighted by Gasteiger charge is -2.13. The van der Waals surface area contributed by atoms with Gasteiger partial charge in [-0.05, 0) is 42.7 Å². The van der Waals surface area contributed by atoms with Crippen LogP contribution in [0.25, 0.3) is 5.65 Å². The zero-order valence-corrected chi connectivity index (χ0v) is 20.9. The molecular formula is C23H31IN6O. The normalized spacial score (nSPS) is 11.2. The first kappa shape index (κ1) is 24.6. The molecule has 0 unspecified atom stereocenters. The van der Waals surface area contributed by atoms with Gasteiger partial charge in [-0.15, -0.1) is 24.0 Å². The van der Waals surface area contributed by atoms with E-state index in [1.54, 1.807) is 26.0 Å². The van der Waals surface area contributed by atoms with Gasteiger partial charge in [0, 0.05) is 58.6 Å². The number of amides is 1. The fourth-order valence-electron chi connectivity index (χ4n) is 3.30. The lowest BCUT2D eigenvalue weighted by Crippen LogP contribution is -2.39. The van der Waals surface area contributed by atoms with E-state index < -0.39 is 0 Å². The quantitative estimate of drug-likeness (QED) is 0.278. The van der Waals surface area contributed by atoms with Crippen molar-refractivity contribution in [3.05, 3.63) is 71.2 Å². The van der Waals surface area contributed by atoms with Gasteiger partial charge in [0.1, 0.15) is 5.65 Å². The Morgan fingerprint density at radius 2 is 1.87 bits per heavy atom. The predicted octanol–water partition coefficient (Wildman–Crippen LogP) is 2.91. The Kier molecular flexibility index (Phi) is 9.29. The number of halogens is 1. The van der Waals surface area contributed by atoms with E-state index in [1.165, 1.54) is 5.56 Å². The van der Waals surface area contributed by atoms with Gasteiger partial charge in [-0.1, -0.05) is 18.2 Å². The molecule has 7 nitrogen and oxygen atoms in total. The largest absolute Gasteiger partial charge is 0.356 e. The number of benzene rings is 1. The maximum absolute atomic E-state index is 12.1. The van der Waals surface area contributed by atoms with Crippen molar-refractivity contribution < 1.29 is 4.79 Å². The number of guanidine groups is 1.